The van der Waals surface area contributed by atoms with E-state index in [-0.39, 0.29) is 31.6 Å². The number of H-pyrrole nitrogens is 1. The minimum absolute atomic E-state index is 0.000924. The molecule has 1 amide bonds. The van der Waals surface area contributed by atoms with Crippen LogP contribution in [-0.4, -0.2) is 111 Å². The second-order valence-corrected chi connectivity index (χ2v) is 14.7. The van der Waals surface area contributed by atoms with Crippen molar-refractivity contribution in [3.63, 3.8) is 0 Å². The van der Waals surface area contributed by atoms with Gasteiger partial charge in [-0.2, -0.15) is 0 Å². The number of quaternary nitrogens is 1. The first-order chi connectivity index (χ1) is 22.2. The van der Waals surface area contributed by atoms with Crippen molar-refractivity contribution in [1.82, 2.24) is 29.5 Å². The third kappa shape index (κ3) is 6.29. The van der Waals surface area contributed by atoms with Crippen LogP contribution in [0.15, 0.2) is 62.3 Å². The number of likely N-dealkylation sites (tertiary alicyclic amines) is 2. The predicted molar refractivity (Wildman–Crippen MR) is 180 cm³/mol. The zero-order chi connectivity index (χ0) is 32.5. The molecular weight excluding hydrogens is 718 g/mol. The number of benzene rings is 2. The van der Waals surface area contributed by atoms with Gasteiger partial charge in [0, 0.05) is 78.2 Å². The Kier molecular flexibility index (Phi) is 9.98. The van der Waals surface area contributed by atoms with Crippen molar-refractivity contribution in [2.45, 2.75) is 56.4 Å². The highest BCUT2D eigenvalue weighted by Crippen LogP contribution is 2.47. The highest BCUT2D eigenvalue weighted by molar-refractivity contribution is 9.13. The number of aldehydes is 1. The molecule has 2 aromatic carbocycles. The number of aromatic nitrogens is 3. The Balaban J connectivity index is 1.38. The number of hydrogen-bond donors (Lipinski definition) is 1. The minimum Gasteiger partial charge on any atom is -0.498 e. The first-order valence-corrected chi connectivity index (χ1v) is 17.6. The first kappa shape index (κ1) is 33.2. The van der Waals surface area contributed by atoms with E-state index < -0.39 is 22.3 Å². The molecule has 6 rings (SSSR count). The number of likely N-dealkylation sites (N-methyl/N-ethyl adjacent to an activating group) is 1. The van der Waals surface area contributed by atoms with Gasteiger partial charge in [-0.15, -0.1) is 5.10 Å². The van der Waals surface area contributed by atoms with Gasteiger partial charge in [-0.3, -0.25) is 19.3 Å². The Hall–Kier alpha value is -2.68. The predicted octanol–water partition coefficient (Wildman–Crippen LogP) is 3.46. The lowest BCUT2D eigenvalue weighted by molar-refractivity contribution is -0.956. The van der Waals surface area contributed by atoms with Crippen LogP contribution in [0.3, 0.4) is 0 Å². The number of hydrogen-bond acceptors (Lipinski definition) is 8. The van der Waals surface area contributed by atoms with Crippen LogP contribution >= 0.6 is 31.9 Å². The number of piperazine rings is 1. The van der Waals surface area contributed by atoms with Crippen LogP contribution in [0.1, 0.15) is 43.7 Å². The molecule has 13 heteroatoms. The molecule has 4 heterocycles. The largest absolute Gasteiger partial charge is 0.498 e. The van der Waals surface area contributed by atoms with Crippen LogP contribution in [-0.2, 0) is 11.3 Å². The summed E-state index contributed by atoms with van der Waals surface area (Å²) in [6.45, 7) is 5.75. The Labute approximate surface area is 286 Å². The smallest absolute Gasteiger partial charge is 0.343 e. The van der Waals surface area contributed by atoms with Gasteiger partial charge in [-0.25, -0.2) is 9.48 Å². The second kappa shape index (κ2) is 13.8. The number of nitrogens with zero attached hydrogens (tertiary/aromatic N) is 6. The number of aromatic amines is 1. The van der Waals surface area contributed by atoms with Crippen molar-refractivity contribution >= 4 is 44.2 Å². The number of halogens is 2. The molecule has 3 saturated heterocycles. The third-order valence-corrected chi connectivity index (χ3v) is 12.4. The lowest BCUT2D eigenvalue weighted by Gasteiger charge is -2.61. The summed E-state index contributed by atoms with van der Waals surface area (Å²) in [5.74, 6) is 0.463. The van der Waals surface area contributed by atoms with E-state index in [4.69, 9.17) is 5.10 Å². The van der Waals surface area contributed by atoms with Crippen LogP contribution in [0.5, 0.6) is 0 Å². The fourth-order valence-electron chi connectivity index (χ4n) is 8.01. The summed E-state index contributed by atoms with van der Waals surface area (Å²) in [6.07, 6.45) is 2.07. The first-order valence-electron chi connectivity index (χ1n) is 16.0. The van der Waals surface area contributed by atoms with Crippen molar-refractivity contribution < 1.29 is 19.2 Å². The molecule has 0 radical (unpaired) electrons. The van der Waals surface area contributed by atoms with Crippen molar-refractivity contribution in [1.29, 1.82) is 0 Å². The maximum atomic E-state index is 13.6. The van der Waals surface area contributed by atoms with Gasteiger partial charge in [0.2, 0.25) is 0 Å². The van der Waals surface area contributed by atoms with E-state index in [1.165, 1.54) is 4.68 Å². The molecule has 1 N–H and O–H groups in total. The Morgan fingerprint density at radius 2 is 1.74 bits per heavy atom. The van der Waals surface area contributed by atoms with Crippen LogP contribution in [0.2, 0.25) is 0 Å². The van der Waals surface area contributed by atoms with Crippen molar-refractivity contribution in [2.75, 3.05) is 52.9 Å². The van der Waals surface area contributed by atoms with Crippen molar-refractivity contribution in [3.05, 3.63) is 73.5 Å². The monoisotopic (exact) mass is 757 g/mol. The molecule has 0 bridgehead atoms. The van der Waals surface area contributed by atoms with Crippen molar-refractivity contribution in [3.8, 4) is 11.4 Å². The summed E-state index contributed by atoms with van der Waals surface area (Å²) in [5, 5.41) is 18.3. The van der Waals surface area contributed by atoms with Gasteiger partial charge < -0.3 is 19.6 Å². The number of carboxylic acid groups (broad SMARTS) is 1. The number of nitrogens with one attached hydrogen (secondary N) is 1. The number of carbonyl (C=O) groups excluding carboxylic acids is 2. The van der Waals surface area contributed by atoms with Gasteiger partial charge in [0.25, 0.3) is 6.09 Å². The molecule has 1 aromatic heterocycles. The molecular formula is C33H41Br2N7O4. The summed E-state index contributed by atoms with van der Waals surface area (Å²) in [5.41, 5.74) is 0.132. The lowest BCUT2D eigenvalue weighted by atomic mass is 9.82. The standard InChI is InChI=1S/C33H41Br2N7O4/c1-38-15-17-39(18-16-38)26-9-13-40(14-10-26)33(12-20-43)22-27(41-31(44)36-30(37-41)25-5-3-2-4-6-25)11-19-42(33,32(45)46)23-24-7-8-28(34)29(35)21-24/h2-8,20-21,26-27H,9-19,22-23H2,1H3,(H-,36,37,44,45,46)/t27?,33?,42-/m0/s1. The van der Waals surface area contributed by atoms with E-state index in [0.717, 1.165) is 65.4 Å². The topological polar surface area (TPSA) is 118 Å². The van der Waals surface area contributed by atoms with E-state index in [1.54, 1.807) is 0 Å². The van der Waals surface area contributed by atoms with Gasteiger partial charge >= 0.3 is 5.69 Å². The Morgan fingerprint density at radius 3 is 2.39 bits per heavy atom. The highest BCUT2D eigenvalue weighted by Gasteiger charge is 2.61. The summed E-state index contributed by atoms with van der Waals surface area (Å²) in [7, 11) is 2.15. The van der Waals surface area contributed by atoms with E-state index in [1.807, 2.05) is 48.5 Å². The zero-order valence-electron chi connectivity index (χ0n) is 26.1. The van der Waals surface area contributed by atoms with Crippen LogP contribution in [0.4, 0.5) is 4.79 Å². The number of piperidine rings is 2. The van der Waals surface area contributed by atoms with Crippen LogP contribution in [0, 0.1) is 0 Å². The summed E-state index contributed by atoms with van der Waals surface area (Å²) < 4.78 is 2.74. The third-order valence-electron chi connectivity index (χ3n) is 10.5. The average Bonchev–Trinajstić information content (AvgIpc) is 3.46. The fourth-order valence-corrected chi connectivity index (χ4v) is 8.68. The number of rotatable bonds is 8. The maximum absolute atomic E-state index is 13.6. The summed E-state index contributed by atoms with van der Waals surface area (Å²) in [6, 6.07) is 15.2. The van der Waals surface area contributed by atoms with Crippen molar-refractivity contribution in [2.24, 2.45) is 0 Å². The number of amides is 1. The molecule has 0 spiro atoms. The average molecular weight is 760 g/mol. The normalized spacial score (nSPS) is 27.1. The maximum Gasteiger partial charge on any atom is 0.343 e. The molecule has 3 aliphatic heterocycles. The second-order valence-electron chi connectivity index (χ2n) is 13.0. The zero-order valence-corrected chi connectivity index (χ0v) is 29.3. The molecule has 2 unspecified atom stereocenters. The molecule has 0 aliphatic carbocycles. The van der Waals surface area contributed by atoms with E-state index in [0.29, 0.717) is 31.4 Å². The molecule has 246 valence electrons. The molecule has 3 aliphatic rings. The molecule has 0 saturated carbocycles. The molecule has 3 aromatic rings. The van der Waals surface area contributed by atoms with Gasteiger partial charge in [0.15, 0.2) is 11.5 Å². The highest BCUT2D eigenvalue weighted by atomic mass is 79.9. The summed E-state index contributed by atoms with van der Waals surface area (Å²) in [4.78, 5) is 49.7. The lowest BCUT2D eigenvalue weighted by Crippen LogP contribution is -2.79. The number of carbonyl (C=O) groups is 2. The SMILES string of the molecule is CN1CCN(C2CCN(C3(CC=O)CC(n4nc(-c5ccccc5)[nH]c4=O)CC[N@+]3(Cc3ccc(Br)c(Br)c3)C(=O)[O-])CC2)CC1. The van der Waals surface area contributed by atoms with E-state index >= 15 is 0 Å². The van der Waals surface area contributed by atoms with Gasteiger partial charge in [-0.05, 0) is 63.9 Å². The van der Waals surface area contributed by atoms with Gasteiger partial charge in [-0.1, -0.05) is 36.4 Å². The van der Waals surface area contributed by atoms with E-state index in [2.05, 4.69) is 58.6 Å². The molecule has 3 atom stereocenters. The Morgan fingerprint density at radius 1 is 1.02 bits per heavy atom. The molecule has 3 fully saturated rings. The van der Waals surface area contributed by atoms with Gasteiger partial charge in [0.05, 0.1) is 19.0 Å². The van der Waals surface area contributed by atoms with Crippen LogP contribution < -0.4 is 10.8 Å². The summed E-state index contributed by atoms with van der Waals surface area (Å²) >= 11 is 7.10. The molecule has 46 heavy (non-hydrogen) atoms. The van der Waals surface area contributed by atoms with Crippen LogP contribution in [0.25, 0.3) is 11.4 Å². The minimum atomic E-state index is -1.21. The fraction of sp³-hybridized carbons (Fsp3) is 0.515. The Bertz CT molecular complexity index is 1600. The van der Waals surface area contributed by atoms with Gasteiger partial charge in [0.1, 0.15) is 12.8 Å². The molecule has 11 nitrogen and oxygen atoms in total. The quantitative estimate of drug-likeness (QED) is 0.275. The van der Waals surface area contributed by atoms with E-state index in [9.17, 15) is 19.5 Å².